The summed E-state index contributed by atoms with van der Waals surface area (Å²) in [5.41, 5.74) is 3.11. The molecule has 4 atom stereocenters. The Labute approximate surface area is 127 Å². The van der Waals surface area contributed by atoms with Crippen LogP contribution >= 0.6 is 0 Å². The maximum Gasteiger partial charge on any atom is 0.245 e. The van der Waals surface area contributed by atoms with Crippen LogP contribution in [0.1, 0.15) is 65.7 Å². The third-order valence-corrected chi connectivity index (χ3v) is 5.17. The van der Waals surface area contributed by atoms with Crippen molar-refractivity contribution in [3.05, 3.63) is 0 Å². The third kappa shape index (κ3) is 2.63. The molecule has 4 unspecified atom stereocenters. The van der Waals surface area contributed by atoms with Gasteiger partial charge in [0, 0.05) is 24.8 Å². The number of nitrogens with one attached hydrogen (secondary N) is 1. The molecule has 0 bridgehead atoms. The van der Waals surface area contributed by atoms with Gasteiger partial charge in [0.25, 0.3) is 0 Å². The minimum absolute atomic E-state index is 0.108. The summed E-state index contributed by atoms with van der Waals surface area (Å²) in [7, 11) is 0. The highest BCUT2D eigenvalue weighted by atomic mass is 16.9. The van der Waals surface area contributed by atoms with Crippen LogP contribution in [0.3, 0.4) is 0 Å². The quantitative estimate of drug-likeness (QED) is 0.839. The van der Waals surface area contributed by atoms with Crippen molar-refractivity contribution in [2.75, 3.05) is 0 Å². The molecule has 0 aromatic carbocycles. The van der Waals surface area contributed by atoms with Gasteiger partial charge in [-0.25, -0.2) is 0 Å². The van der Waals surface area contributed by atoms with Crippen LogP contribution in [-0.2, 0) is 14.3 Å². The van der Waals surface area contributed by atoms with Gasteiger partial charge >= 0.3 is 0 Å². The SMILES string of the molecule is CCC1C(CC(C)C)NOC12OC1(CCCCC1)OC2O. The molecule has 5 nitrogen and oxygen atoms in total. The van der Waals surface area contributed by atoms with E-state index in [0.29, 0.717) is 5.92 Å². The predicted molar refractivity (Wildman–Crippen MR) is 78.0 cm³/mol. The molecule has 122 valence electrons. The van der Waals surface area contributed by atoms with E-state index < -0.39 is 17.9 Å². The van der Waals surface area contributed by atoms with Crippen molar-refractivity contribution >= 4 is 0 Å². The Morgan fingerprint density at radius 3 is 2.57 bits per heavy atom. The van der Waals surface area contributed by atoms with Gasteiger partial charge < -0.3 is 14.6 Å². The van der Waals surface area contributed by atoms with Gasteiger partial charge in [0.15, 0.2) is 5.79 Å². The molecule has 0 aromatic heterocycles. The highest BCUT2D eigenvalue weighted by Crippen LogP contribution is 2.51. The van der Waals surface area contributed by atoms with Crippen LogP contribution in [0.2, 0.25) is 0 Å². The molecule has 5 heteroatoms. The highest BCUT2D eigenvalue weighted by Gasteiger charge is 2.65. The van der Waals surface area contributed by atoms with E-state index in [9.17, 15) is 5.11 Å². The third-order valence-electron chi connectivity index (χ3n) is 5.17. The van der Waals surface area contributed by atoms with Gasteiger partial charge in [-0.1, -0.05) is 27.2 Å². The first-order valence-corrected chi connectivity index (χ1v) is 8.51. The molecule has 3 rings (SSSR count). The lowest BCUT2D eigenvalue weighted by molar-refractivity contribution is -0.293. The maximum atomic E-state index is 10.5. The molecule has 2 N–H and O–H groups in total. The molecule has 3 aliphatic rings. The molecule has 2 spiro atoms. The first-order valence-electron chi connectivity index (χ1n) is 8.51. The van der Waals surface area contributed by atoms with Crippen LogP contribution in [0.5, 0.6) is 0 Å². The van der Waals surface area contributed by atoms with E-state index in [-0.39, 0.29) is 12.0 Å². The zero-order valence-corrected chi connectivity index (χ0v) is 13.4. The number of hydrogen-bond acceptors (Lipinski definition) is 5. The van der Waals surface area contributed by atoms with Gasteiger partial charge in [-0.15, -0.1) is 0 Å². The van der Waals surface area contributed by atoms with E-state index in [0.717, 1.165) is 38.5 Å². The number of aliphatic hydroxyl groups excluding tert-OH is 1. The van der Waals surface area contributed by atoms with E-state index in [2.05, 4.69) is 26.3 Å². The maximum absolute atomic E-state index is 10.5. The molecule has 0 aromatic rings. The highest BCUT2D eigenvalue weighted by molar-refractivity contribution is 4.99. The Morgan fingerprint density at radius 2 is 1.95 bits per heavy atom. The first-order chi connectivity index (χ1) is 10.0. The summed E-state index contributed by atoms with van der Waals surface area (Å²) in [6, 6.07) is 0.201. The van der Waals surface area contributed by atoms with E-state index >= 15 is 0 Å². The molecule has 2 aliphatic heterocycles. The molecule has 2 heterocycles. The van der Waals surface area contributed by atoms with Gasteiger partial charge in [-0.05, 0) is 31.6 Å². The van der Waals surface area contributed by atoms with Crippen molar-refractivity contribution in [2.45, 2.75) is 89.6 Å². The summed E-state index contributed by atoms with van der Waals surface area (Å²) < 4.78 is 12.2. The fourth-order valence-electron chi connectivity index (χ4n) is 4.19. The summed E-state index contributed by atoms with van der Waals surface area (Å²) >= 11 is 0. The zero-order valence-electron chi connectivity index (χ0n) is 13.4. The Hall–Kier alpha value is -0.200. The average Bonchev–Trinajstić information content (AvgIpc) is 2.90. The molecule has 3 fully saturated rings. The summed E-state index contributed by atoms with van der Waals surface area (Å²) in [4.78, 5) is 5.81. The summed E-state index contributed by atoms with van der Waals surface area (Å²) in [5, 5.41) is 10.5. The van der Waals surface area contributed by atoms with E-state index in [1.807, 2.05) is 0 Å². The van der Waals surface area contributed by atoms with Crippen molar-refractivity contribution in [2.24, 2.45) is 11.8 Å². The number of rotatable bonds is 3. The minimum Gasteiger partial charge on any atom is -0.364 e. The van der Waals surface area contributed by atoms with E-state index in [4.69, 9.17) is 14.3 Å². The van der Waals surface area contributed by atoms with E-state index in [1.54, 1.807) is 0 Å². The summed E-state index contributed by atoms with van der Waals surface area (Å²) in [6.45, 7) is 6.52. The number of hydrogen-bond donors (Lipinski definition) is 2. The largest absolute Gasteiger partial charge is 0.364 e. The lowest BCUT2D eigenvalue weighted by Gasteiger charge is -2.34. The Kier molecular flexibility index (Phi) is 4.32. The minimum atomic E-state index is -1.04. The molecule has 0 amide bonds. The van der Waals surface area contributed by atoms with Crippen molar-refractivity contribution in [3.63, 3.8) is 0 Å². The van der Waals surface area contributed by atoms with Crippen LogP contribution in [0.15, 0.2) is 0 Å². The number of hydroxylamine groups is 1. The van der Waals surface area contributed by atoms with Crippen LogP contribution in [0, 0.1) is 11.8 Å². The molecular weight excluding hydrogens is 270 g/mol. The summed E-state index contributed by atoms with van der Waals surface area (Å²) in [5.74, 6) is -1.000. The van der Waals surface area contributed by atoms with Gasteiger partial charge in [0.2, 0.25) is 12.1 Å². The number of aliphatic hydroxyl groups is 1. The monoisotopic (exact) mass is 299 g/mol. The van der Waals surface area contributed by atoms with Gasteiger partial charge in [0.1, 0.15) is 0 Å². The van der Waals surface area contributed by atoms with Gasteiger partial charge in [-0.2, -0.15) is 5.48 Å². The van der Waals surface area contributed by atoms with Crippen molar-refractivity contribution in [1.82, 2.24) is 5.48 Å². The summed E-state index contributed by atoms with van der Waals surface area (Å²) in [6.07, 6.45) is 5.96. The Balaban J connectivity index is 1.80. The second-order valence-corrected chi connectivity index (χ2v) is 7.24. The Bertz CT molecular complexity index is 369. The van der Waals surface area contributed by atoms with Gasteiger partial charge in [-0.3, -0.25) is 4.84 Å². The molecule has 1 saturated carbocycles. The van der Waals surface area contributed by atoms with Crippen molar-refractivity contribution in [1.29, 1.82) is 0 Å². The smallest absolute Gasteiger partial charge is 0.245 e. The second kappa shape index (κ2) is 5.78. The fourth-order valence-corrected chi connectivity index (χ4v) is 4.19. The average molecular weight is 299 g/mol. The Morgan fingerprint density at radius 1 is 1.24 bits per heavy atom. The first kappa shape index (κ1) is 15.7. The van der Waals surface area contributed by atoms with Crippen LogP contribution in [-0.4, -0.2) is 29.0 Å². The fraction of sp³-hybridized carbons (Fsp3) is 1.00. The predicted octanol–water partition coefficient (Wildman–Crippen LogP) is 2.68. The van der Waals surface area contributed by atoms with Crippen molar-refractivity contribution < 1.29 is 19.4 Å². The molecular formula is C16H29NO4. The molecule has 2 saturated heterocycles. The lowest BCUT2D eigenvalue weighted by atomic mass is 9.85. The van der Waals surface area contributed by atoms with Crippen LogP contribution < -0.4 is 5.48 Å². The standard InChI is InChI=1S/C16H29NO4/c1-4-12-13(10-11(2)3)17-21-16(12)14(18)19-15(20-16)8-6-5-7-9-15/h11-14,17-18H,4-10H2,1-3H3. The molecule has 0 radical (unpaired) electrons. The lowest BCUT2D eigenvalue weighted by Crippen LogP contribution is -2.47. The zero-order chi connectivity index (χ0) is 15.1. The second-order valence-electron chi connectivity index (χ2n) is 7.24. The molecule has 21 heavy (non-hydrogen) atoms. The van der Waals surface area contributed by atoms with Gasteiger partial charge in [0.05, 0.1) is 0 Å². The normalized spacial score (nSPS) is 42.4. The topological polar surface area (TPSA) is 60.0 Å². The van der Waals surface area contributed by atoms with Crippen LogP contribution in [0.4, 0.5) is 0 Å². The molecule has 1 aliphatic carbocycles. The number of ether oxygens (including phenoxy) is 2. The van der Waals surface area contributed by atoms with Crippen molar-refractivity contribution in [3.8, 4) is 0 Å². The van der Waals surface area contributed by atoms with E-state index in [1.165, 1.54) is 6.42 Å². The van der Waals surface area contributed by atoms with Crippen LogP contribution in [0.25, 0.3) is 0 Å².